The van der Waals surface area contributed by atoms with Gasteiger partial charge in [0.25, 0.3) is 0 Å². The molecule has 0 aromatic rings. The maximum Gasteiger partial charge on any atom is 0.211 e. The van der Waals surface area contributed by atoms with Gasteiger partial charge in [-0.15, -0.1) is 0 Å². The molecule has 1 saturated heterocycles. The van der Waals surface area contributed by atoms with Crippen molar-refractivity contribution in [2.75, 3.05) is 19.3 Å². The highest BCUT2D eigenvalue weighted by Gasteiger charge is 2.26. The second-order valence-electron chi connectivity index (χ2n) is 5.31. The highest BCUT2D eigenvalue weighted by atomic mass is 32.2. The SMILES string of the molecule is CCC(=CC(=O)CC1CCCN(S(C)(=O)=O)C1)CC. The van der Waals surface area contributed by atoms with E-state index in [1.165, 1.54) is 16.1 Å². The predicted molar refractivity (Wildman–Crippen MR) is 77.4 cm³/mol. The number of ketones is 1. The smallest absolute Gasteiger partial charge is 0.211 e. The topological polar surface area (TPSA) is 54.5 Å². The molecular weight excluding hydrogens is 262 g/mol. The Morgan fingerprint density at radius 1 is 1.32 bits per heavy atom. The van der Waals surface area contributed by atoms with Gasteiger partial charge in [-0.25, -0.2) is 12.7 Å². The van der Waals surface area contributed by atoms with Crippen LogP contribution < -0.4 is 0 Å². The summed E-state index contributed by atoms with van der Waals surface area (Å²) in [4.78, 5) is 12.0. The minimum atomic E-state index is -3.12. The first-order valence-corrected chi connectivity index (χ1v) is 8.89. The van der Waals surface area contributed by atoms with E-state index in [9.17, 15) is 13.2 Å². The fraction of sp³-hybridized carbons (Fsp3) is 0.786. The van der Waals surface area contributed by atoms with Crippen LogP contribution in [-0.4, -0.2) is 37.9 Å². The van der Waals surface area contributed by atoms with Crippen LogP contribution in [0.3, 0.4) is 0 Å². The summed E-state index contributed by atoms with van der Waals surface area (Å²) in [6.45, 7) is 5.18. The molecule has 1 rings (SSSR count). The van der Waals surface area contributed by atoms with E-state index in [2.05, 4.69) is 13.8 Å². The molecule has 0 spiro atoms. The van der Waals surface area contributed by atoms with Crippen molar-refractivity contribution in [1.82, 2.24) is 4.31 Å². The molecule has 1 unspecified atom stereocenters. The van der Waals surface area contributed by atoms with E-state index in [4.69, 9.17) is 0 Å². The average molecular weight is 287 g/mol. The summed E-state index contributed by atoms with van der Waals surface area (Å²) in [6.07, 6.45) is 7.06. The number of carbonyl (C=O) groups excluding carboxylic acids is 1. The third-order valence-corrected chi connectivity index (χ3v) is 4.98. The van der Waals surface area contributed by atoms with E-state index in [0.717, 1.165) is 25.7 Å². The van der Waals surface area contributed by atoms with E-state index in [0.29, 0.717) is 19.5 Å². The summed E-state index contributed by atoms with van der Waals surface area (Å²) in [5.74, 6) is 0.307. The normalized spacial score (nSPS) is 21.1. The van der Waals surface area contributed by atoms with Crippen molar-refractivity contribution in [3.63, 3.8) is 0 Å². The molecule has 0 N–H and O–H groups in total. The lowest BCUT2D eigenvalue weighted by atomic mass is 9.93. The van der Waals surface area contributed by atoms with Gasteiger partial charge in [0.05, 0.1) is 6.26 Å². The summed E-state index contributed by atoms with van der Waals surface area (Å²) in [6, 6.07) is 0. The molecule has 1 atom stereocenters. The lowest BCUT2D eigenvalue weighted by Gasteiger charge is -2.30. The molecule has 1 aliphatic heterocycles. The second kappa shape index (κ2) is 7.20. The largest absolute Gasteiger partial charge is 0.295 e. The quantitative estimate of drug-likeness (QED) is 0.705. The molecule has 1 aliphatic rings. The van der Waals surface area contributed by atoms with Crippen LogP contribution in [0.25, 0.3) is 0 Å². The highest BCUT2D eigenvalue weighted by Crippen LogP contribution is 2.22. The van der Waals surface area contributed by atoms with Gasteiger partial charge in [-0.1, -0.05) is 19.4 Å². The fourth-order valence-electron chi connectivity index (χ4n) is 2.52. The molecule has 1 heterocycles. The van der Waals surface area contributed by atoms with E-state index in [1.807, 2.05) is 0 Å². The van der Waals surface area contributed by atoms with Crippen molar-refractivity contribution in [2.24, 2.45) is 5.92 Å². The number of allylic oxidation sites excluding steroid dienone is 2. The maximum atomic E-state index is 12.0. The lowest BCUT2D eigenvalue weighted by Crippen LogP contribution is -2.39. The van der Waals surface area contributed by atoms with Gasteiger partial charge in [-0.3, -0.25) is 4.79 Å². The maximum absolute atomic E-state index is 12.0. The minimum Gasteiger partial charge on any atom is -0.295 e. The molecule has 4 nitrogen and oxygen atoms in total. The molecular formula is C14H25NO3S. The Morgan fingerprint density at radius 3 is 2.47 bits per heavy atom. The van der Waals surface area contributed by atoms with Crippen LogP contribution in [0.1, 0.15) is 46.0 Å². The minimum absolute atomic E-state index is 0.138. The molecule has 0 aromatic heterocycles. The van der Waals surface area contributed by atoms with Crippen LogP contribution in [0.4, 0.5) is 0 Å². The molecule has 0 amide bonds. The Kier molecular flexibility index (Phi) is 6.20. The number of piperidine rings is 1. The fourth-order valence-corrected chi connectivity index (χ4v) is 3.46. The molecule has 1 fully saturated rings. The molecule has 110 valence electrons. The Balaban J connectivity index is 2.58. The van der Waals surface area contributed by atoms with Gasteiger partial charge >= 0.3 is 0 Å². The van der Waals surface area contributed by atoms with Crippen LogP contribution >= 0.6 is 0 Å². The van der Waals surface area contributed by atoms with Crippen molar-refractivity contribution < 1.29 is 13.2 Å². The van der Waals surface area contributed by atoms with Gasteiger partial charge in [-0.05, 0) is 37.7 Å². The number of rotatable bonds is 6. The third kappa shape index (κ3) is 5.45. The van der Waals surface area contributed by atoms with E-state index in [-0.39, 0.29) is 11.7 Å². The standard InChI is InChI=1S/C14H25NO3S/c1-4-12(5-2)9-14(16)10-13-7-6-8-15(11-13)19(3,17)18/h9,13H,4-8,10-11H2,1-3H3. The zero-order valence-corrected chi connectivity index (χ0v) is 13.0. The number of hydrogen-bond acceptors (Lipinski definition) is 3. The van der Waals surface area contributed by atoms with E-state index >= 15 is 0 Å². The van der Waals surface area contributed by atoms with Gasteiger partial charge < -0.3 is 0 Å². The summed E-state index contributed by atoms with van der Waals surface area (Å²) >= 11 is 0. The molecule has 0 aromatic carbocycles. The van der Waals surface area contributed by atoms with Crippen molar-refractivity contribution in [3.8, 4) is 0 Å². The number of carbonyl (C=O) groups is 1. The van der Waals surface area contributed by atoms with Crippen LogP contribution in [-0.2, 0) is 14.8 Å². The molecule has 0 saturated carbocycles. The highest BCUT2D eigenvalue weighted by molar-refractivity contribution is 7.88. The van der Waals surface area contributed by atoms with Gasteiger partial charge in [-0.2, -0.15) is 0 Å². The summed E-state index contributed by atoms with van der Waals surface area (Å²) in [5.41, 5.74) is 1.17. The summed E-state index contributed by atoms with van der Waals surface area (Å²) < 4.78 is 24.5. The first kappa shape index (κ1) is 16.4. The molecule has 0 aliphatic carbocycles. The number of hydrogen-bond donors (Lipinski definition) is 0. The predicted octanol–water partition coefficient (Wildman–Crippen LogP) is 2.36. The van der Waals surface area contributed by atoms with E-state index < -0.39 is 10.0 Å². The van der Waals surface area contributed by atoms with Gasteiger partial charge in [0.1, 0.15) is 0 Å². The number of sulfonamides is 1. The second-order valence-corrected chi connectivity index (χ2v) is 7.29. The third-order valence-electron chi connectivity index (χ3n) is 3.71. The zero-order chi connectivity index (χ0) is 14.5. The first-order valence-electron chi connectivity index (χ1n) is 7.04. The van der Waals surface area contributed by atoms with Crippen molar-refractivity contribution >= 4 is 15.8 Å². The van der Waals surface area contributed by atoms with Crippen LogP contribution in [0, 0.1) is 5.92 Å². The molecule has 0 radical (unpaired) electrons. The Bertz CT molecular complexity index is 434. The Morgan fingerprint density at radius 2 is 1.95 bits per heavy atom. The zero-order valence-electron chi connectivity index (χ0n) is 12.2. The van der Waals surface area contributed by atoms with Crippen molar-refractivity contribution in [1.29, 1.82) is 0 Å². The van der Waals surface area contributed by atoms with Crippen molar-refractivity contribution in [2.45, 2.75) is 46.0 Å². The summed E-state index contributed by atoms with van der Waals surface area (Å²) in [7, 11) is -3.12. The van der Waals surface area contributed by atoms with Crippen LogP contribution in [0.15, 0.2) is 11.6 Å². The van der Waals surface area contributed by atoms with Crippen LogP contribution in [0.5, 0.6) is 0 Å². The van der Waals surface area contributed by atoms with E-state index in [1.54, 1.807) is 6.08 Å². The molecule has 5 heteroatoms. The number of nitrogens with zero attached hydrogens (tertiary/aromatic N) is 1. The van der Waals surface area contributed by atoms with Gasteiger partial charge in [0, 0.05) is 19.5 Å². The molecule has 19 heavy (non-hydrogen) atoms. The monoisotopic (exact) mass is 287 g/mol. The van der Waals surface area contributed by atoms with Crippen LogP contribution in [0.2, 0.25) is 0 Å². The summed E-state index contributed by atoms with van der Waals surface area (Å²) in [5, 5.41) is 0. The average Bonchev–Trinajstić information content (AvgIpc) is 2.35. The van der Waals surface area contributed by atoms with Gasteiger partial charge in [0.15, 0.2) is 5.78 Å². The molecule has 0 bridgehead atoms. The Labute approximate surface area is 116 Å². The van der Waals surface area contributed by atoms with Crippen molar-refractivity contribution in [3.05, 3.63) is 11.6 Å². The Hall–Kier alpha value is -0.680. The van der Waals surface area contributed by atoms with Gasteiger partial charge in [0.2, 0.25) is 10.0 Å². The lowest BCUT2D eigenvalue weighted by molar-refractivity contribution is -0.115. The first-order chi connectivity index (χ1) is 8.86.